The molecule has 2 amide bonds. The first kappa shape index (κ1) is 14.5. The molecule has 0 saturated carbocycles. The molecule has 0 aromatic carbocycles. The third-order valence-corrected chi connectivity index (χ3v) is 5.49. The molecule has 0 atom stereocenters. The van der Waals surface area contributed by atoms with Gasteiger partial charge in [0.05, 0.1) is 4.88 Å². The quantitative estimate of drug-likeness (QED) is 0.883. The normalized spacial score (nSPS) is 18.5. The Morgan fingerprint density at radius 2 is 1.76 bits per heavy atom. The van der Waals surface area contributed by atoms with Crippen LogP contribution >= 0.6 is 11.3 Å². The van der Waals surface area contributed by atoms with Gasteiger partial charge >= 0.3 is 0 Å². The Bertz CT molecular complexity index is 524. The van der Waals surface area contributed by atoms with E-state index in [1.165, 1.54) is 23.3 Å². The number of carbonyl (C=O) groups is 2. The Morgan fingerprint density at radius 1 is 1.10 bits per heavy atom. The Labute approximate surface area is 128 Å². The van der Waals surface area contributed by atoms with Crippen molar-refractivity contribution in [2.24, 2.45) is 0 Å². The molecule has 114 valence electrons. The second-order valence-corrected chi connectivity index (χ2v) is 6.73. The zero-order valence-corrected chi connectivity index (χ0v) is 12.8. The summed E-state index contributed by atoms with van der Waals surface area (Å²) in [6.45, 7) is 1.66. The van der Waals surface area contributed by atoms with Gasteiger partial charge in [0.15, 0.2) is 0 Å². The maximum Gasteiger partial charge on any atom is 0.264 e. The average Bonchev–Trinajstić information content (AvgIpc) is 2.97. The van der Waals surface area contributed by atoms with Crippen LogP contribution in [0.4, 0.5) is 0 Å². The monoisotopic (exact) mass is 308 g/mol. The Hall–Kier alpha value is -1.40. The molecule has 0 spiro atoms. The van der Waals surface area contributed by atoms with E-state index in [1.54, 1.807) is 16.2 Å². The SMILES string of the molecule is O=C(CO)N1CCN(C(=O)c2cc3c(s2)CCCC3)CC1. The lowest BCUT2D eigenvalue weighted by molar-refractivity contribution is -0.135. The highest BCUT2D eigenvalue weighted by Gasteiger charge is 2.26. The van der Waals surface area contributed by atoms with Gasteiger partial charge in [-0.2, -0.15) is 0 Å². The highest BCUT2D eigenvalue weighted by molar-refractivity contribution is 7.14. The van der Waals surface area contributed by atoms with Crippen LogP contribution in [0.1, 0.15) is 33.0 Å². The molecule has 1 aliphatic heterocycles. The number of piperazine rings is 1. The van der Waals surface area contributed by atoms with Crippen LogP contribution in [0.15, 0.2) is 6.07 Å². The predicted molar refractivity (Wildman–Crippen MR) is 80.5 cm³/mol. The first-order valence-electron chi connectivity index (χ1n) is 7.48. The summed E-state index contributed by atoms with van der Waals surface area (Å²) in [7, 11) is 0. The topological polar surface area (TPSA) is 60.9 Å². The minimum Gasteiger partial charge on any atom is -0.387 e. The molecule has 21 heavy (non-hydrogen) atoms. The molecule has 1 aliphatic carbocycles. The Kier molecular flexibility index (Phi) is 4.26. The molecule has 3 rings (SSSR count). The van der Waals surface area contributed by atoms with E-state index in [0.717, 1.165) is 17.7 Å². The molecular formula is C15H20N2O3S. The van der Waals surface area contributed by atoms with E-state index >= 15 is 0 Å². The number of aliphatic hydroxyl groups excluding tert-OH is 1. The number of hydrogen-bond acceptors (Lipinski definition) is 4. The van der Waals surface area contributed by atoms with Gasteiger partial charge in [0.1, 0.15) is 6.61 Å². The number of carbonyl (C=O) groups excluding carboxylic acids is 2. The van der Waals surface area contributed by atoms with Crippen molar-refractivity contribution in [1.29, 1.82) is 0 Å². The van der Waals surface area contributed by atoms with Gasteiger partial charge in [-0.15, -0.1) is 11.3 Å². The van der Waals surface area contributed by atoms with Crippen molar-refractivity contribution in [3.05, 3.63) is 21.4 Å². The van der Waals surface area contributed by atoms with Crippen LogP contribution in [0, 0.1) is 0 Å². The highest BCUT2D eigenvalue weighted by Crippen LogP contribution is 2.30. The van der Waals surface area contributed by atoms with Gasteiger partial charge in [-0.3, -0.25) is 9.59 Å². The number of nitrogens with zero attached hydrogens (tertiary/aromatic N) is 2. The van der Waals surface area contributed by atoms with Crippen molar-refractivity contribution in [1.82, 2.24) is 9.80 Å². The zero-order valence-electron chi connectivity index (χ0n) is 12.0. The summed E-state index contributed by atoms with van der Waals surface area (Å²) in [5, 5.41) is 8.86. The number of thiophene rings is 1. The first-order chi connectivity index (χ1) is 10.2. The van der Waals surface area contributed by atoms with Crippen LogP contribution in [0.5, 0.6) is 0 Å². The number of aryl methyl sites for hydroxylation is 2. The summed E-state index contributed by atoms with van der Waals surface area (Å²) in [6, 6.07) is 2.06. The minimum atomic E-state index is -0.453. The van der Waals surface area contributed by atoms with Crippen molar-refractivity contribution in [3.8, 4) is 0 Å². The lowest BCUT2D eigenvalue weighted by atomic mass is 9.99. The maximum atomic E-state index is 12.5. The predicted octanol–water partition coefficient (Wildman–Crippen LogP) is 0.904. The fraction of sp³-hybridized carbons (Fsp3) is 0.600. The number of hydrogen-bond donors (Lipinski definition) is 1. The molecule has 0 bridgehead atoms. The van der Waals surface area contributed by atoms with E-state index in [2.05, 4.69) is 6.07 Å². The lowest BCUT2D eigenvalue weighted by Gasteiger charge is -2.34. The van der Waals surface area contributed by atoms with Crippen LogP contribution in [0.3, 0.4) is 0 Å². The minimum absolute atomic E-state index is 0.0884. The second kappa shape index (κ2) is 6.15. The summed E-state index contributed by atoms with van der Waals surface area (Å²) >= 11 is 1.64. The van der Waals surface area contributed by atoms with Crippen LogP contribution in [-0.4, -0.2) is 59.5 Å². The lowest BCUT2D eigenvalue weighted by Crippen LogP contribution is -2.51. The van der Waals surface area contributed by atoms with Crippen LogP contribution < -0.4 is 0 Å². The summed E-state index contributed by atoms with van der Waals surface area (Å²) in [4.78, 5) is 29.6. The molecule has 2 aliphatic rings. The number of rotatable bonds is 2. The van der Waals surface area contributed by atoms with Crippen LogP contribution in [0.2, 0.25) is 0 Å². The van der Waals surface area contributed by atoms with E-state index < -0.39 is 6.61 Å². The van der Waals surface area contributed by atoms with Gasteiger partial charge in [-0.05, 0) is 37.3 Å². The van der Waals surface area contributed by atoms with Gasteiger partial charge in [0.2, 0.25) is 5.91 Å². The smallest absolute Gasteiger partial charge is 0.264 e. The Balaban J connectivity index is 1.64. The molecular weight excluding hydrogens is 288 g/mol. The number of fused-ring (bicyclic) bond motifs is 1. The van der Waals surface area contributed by atoms with Gasteiger partial charge in [-0.25, -0.2) is 0 Å². The molecule has 5 nitrogen and oxygen atoms in total. The van der Waals surface area contributed by atoms with E-state index in [4.69, 9.17) is 5.11 Å². The molecule has 1 aromatic heterocycles. The zero-order chi connectivity index (χ0) is 14.8. The van der Waals surface area contributed by atoms with Crippen LogP contribution in [-0.2, 0) is 17.6 Å². The second-order valence-electron chi connectivity index (χ2n) is 5.60. The molecule has 1 saturated heterocycles. The van der Waals surface area contributed by atoms with E-state index in [-0.39, 0.29) is 11.8 Å². The Morgan fingerprint density at radius 3 is 2.43 bits per heavy atom. The fourth-order valence-corrected chi connectivity index (χ4v) is 4.23. The maximum absolute atomic E-state index is 12.5. The van der Waals surface area contributed by atoms with E-state index in [9.17, 15) is 9.59 Å². The molecule has 1 N–H and O–H groups in total. The molecule has 1 fully saturated rings. The molecule has 6 heteroatoms. The molecule has 2 heterocycles. The average molecular weight is 308 g/mol. The summed E-state index contributed by atoms with van der Waals surface area (Å²) in [5.74, 6) is -0.167. The van der Waals surface area contributed by atoms with Gasteiger partial charge in [0, 0.05) is 31.1 Å². The summed E-state index contributed by atoms with van der Waals surface area (Å²) < 4.78 is 0. The van der Waals surface area contributed by atoms with Crippen LogP contribution in [0.25, 0.3) is 0 Å². The van der Waals surface area contributed by atoms with Gasteiger partial charge in [0.25, 0.3) is 5.91 Å². The summed E-state index contributed by atoms with van der Waals surface area (Å²) in [5.41, 5.74) is 1.35. The summed E-state index contributed by atoms with van der Waals surface area (Å²) in [6.07, 6.45) is 4.65. The molecule has 0 radical (unpaired) electrons. The van der Waals surface area contributed by atoms with Crippen molar-refractivity contribution in [2.45, 2.75) is 25.7 Å². The van der Waals surface area contributed by atoms with E-state index in [1.807, 2.05) is 4.90 Å². The van der Waals surface area contributed by atoms with E-state index in [0.29, 0.717) is 26.2 Å². The van der Waals surface area contributed by atoms with Crippen molar-refractivity contribution in [3.63, 3.8) is 0 Å². The largest absolute Gasteiger partial charge is 0.387 e. The number of aliphatic hydroxyl groups is 1. The van der Waals surface area contributed by atoms with Gasteiger partial charge in [-0.1, -0.05) is 0 Å². The first-order valence-corrected chi connectivity index (χ1v) is 8.30. The van der Waals surface area contributed by atoms with Crippen molar-refractivity contribution in [2.75, 3.05) is 32.8 Å². The highest BCUT2D eigenvalue weighted by atomic mass is 32.1. The van der Waals surface area contributed by atoms with Gasteiger partial charge < -0.3 is 14.9 Å². The molecule has 1 aromatic rings. The third-order valence-electron chi connectivity index (χ3n) is 4.26. The van der Waals surface area contributed by atoms with Crippen molar-refractivity contribution >= 4 is 23.2 Å². The molecule has 0 unspecified atom stereocenters. The standard InChI is InChI=1S/C15H20N2O3S/c18-10-14(19)16-5-7-17(8-6-16)15(20)13-9-11-3-1-2-4-12(11)21-13/h9,18H,1-8,10H2. The fourth-order valence-electron chi connectivity index (χ4n) is 3.01. The third kappa shape index (κ3) is 2.96. The van der Waals surface area contributed by atoms with Crippen molar-refractivity contribution < 1.29 is 14.7 Å². The number of amides is 2.